The molecule has 0 spiro atoms. The van der Waals surface area contributed by atoms with E-state index in [1.165, 1.54) is 25.9 Å². The van der Waals surface area contributed by atoms with Crippen molar-refractivity contribution in [3.8, 4) is 0 Å². The van der Waals surface area contributed by atoms with Crippen molar-refractivity contribution < 1.29 is 9.90 Å². The zero-order valence-electron chi connectivity index (χ0n) is 13.3. The number of carboxylic acids is 1. The van der Waals surface area contributed by atoms with E-state index in [2.05, 4.69) is 32.6 Å². The molecule has 0 rings (SSSR count). The fraction of sp³-hybridized carbons (Fsp3) is 0.938. The van der Waals surface area contributed by atoms with Gasteiger partial charge in [0.2, 0.25) is 0 Å². The molecule has 114 valence electrons. The molecule has 0 aliphatic rings. The minimum atomic E-state index is -0.670. The largest absolute Gasteiger partial charge is 0.481 e. The van der Waals surface area contributed by atoms with Gasteiger partial charge >= 0.3 is 5.97 Å². The van der Waals surface area contributed by atoms with Crippen LogP contribution in [0.4, 0.5) is 0 Å². The lowest BCUT2D eigenvalue weighted by atomic mass is 10.1. The average Bonchev–Trinajstić information content (AvgIpc) is 2.30. The molecule has 3 heteroatoms. The summed E-state index contributed by atoms with van der Waals surface area (Å²) in [4.78, 5) is 13.0. The van der Waals surface area contributed by atoms with Crippen molar-refractivity contribution in [1.82, 2.24) is 4.90 Å². The van der Waals surface area contributed by atoms with E-state index in [9.17, 15) is 4.79 Å². The first-order chi connectivity index (χ1) is 8.91. The molecule has 0 atom stereocenters. The van der Waals surface area contributed by atoms with E-state index in [1.807, 2.05) is 0 Å². The average molecular weight is 271 g/mol. The van der Waals surface area contributed by atoms with Crippen molar-refractivity contribution in [2.75, 3.05) is 19.6 Å². The van der Waals surface area contributed by atoms with Crippen molar-refractivity contribution >= 4 is 5.97 Å². The Morgan fingerprint density at radius 1 is 0.895 bits per heavy atom. The van der Waals surface area contributed by atoms with Gasteiger partial charge in [-0.05, 0) is 57.2 Å². The van der Waals surface area contributed by atoms with Crippen LogP contribution in [0.1, 0.15) is 66.2 Å². The van der Waals surface area contributed by atoms with Crippen molar-refractivity contribution in [2.24, 2.45) is 11.8 Å². The summed E-state index contributed by atoms with van der Waals surface area (Å²) in [6.07, 6.45) is 5.81. The third kappa shape index (κ3) is 13.7. The summed E-state index contributed by atoms with van der Waals surface area (Å²) in [7, 11) is 0. The van der Waals surface area contributed by atoms with Crippen LogP contribution in [-0.4, -0.2) is 35.6 Å². The molecule has 0 saturated carbocycles. The maximum absolute atomic E-state index is 10.4. The molecule has 0 saturated heterocycles. The Labute approximate surface area is 119 Å². The first kappa shape index (κ1) is 18.4. The van der Waals surface area contributed by atoms with Gasteiger partial charge in [-0.2, -0.15) is 0 Å². The Bertz CT molecular complexity index is 215. The third-order valence-corrected chi connectivity index (χ3v) is 3.41. The second-order valence-electron chi connectivity index (χ2n) is 6.41. The first-order valence-electron chi connectivity index (χ1n) is 7.86. The number of nitrogens with zero attached hydrogens (tertiary/aromatic N) is 1. The number of rotatable bonds is 12. The van der Waals surface area contributed by atoms with Crippen LogP contribution in [0.25, 0.3) is 0 Å². The van der Waals surface area contributed by atoms with Gasteiger partial charge in [0.25, 0.3) is 0 Å². The lowest BCUT2D eigenvalue weighted by Gasteiger charge is -2.24. The number of aliphatic carboxylic acids is 1. The van der Waals surface area contributed by atoms with Gasteiger partial charge in [-0.3, -0.25) is 4.79 Å². The minimum absolute atomic E-state index is 0.317. The van der Waals surface area contributed by atoms with Gasteiger partial charge in [-0.25, -0.2) is 0 Å². The van der Waals surface area contributed by atoms with Crippen LogP contribution >= 0.6 is 0 Å². The molecule has 0 aromatic heterocycles. The number of carbonyl (C=O) groups is 1. The number of hydrogen-bond donors (Lipinski definition) is 1. The maximum Gasteiger partial charge on any atom is 0.303 e. The molecular weight excluding hydrogens is 238 g/mol. The van der Waals surface area contributed by atoms with E-state index in [0.717, 1.165) is 37.6 Å². The van der Waals surface area contributed by atoms with Crippen LogP contribution in [0.2, 0.25) is 0 Å². The lowest BCUT2D eigenvalue weighted by Crippen LogP contribution is -2.28. The summed E-state index contributed by atoms with van der Waals surface area (Å²) in [6.45, 7) is 12.6. The predicted molar refractivity (Wildman–Crippen MR) is 81.5 cm³/mol. The van der Waals surface area contributed by atoms with Crippen LogP contribution in [0.5, 0.6) is 0 Å². The van der Waals surface area contributed by atoms with E-state index in [1.54, 1.807) is 0 Å². The molecule has 3 nitrogen and oxygen atoms in total. The zero-order valence-corrected chi connectivity index (χ0v) is 13.3. The van der Waals surface area contributed by atoms with Gasteiger partial charge in [-0.1, -0.05) is 34.1 Å². The summed E-state index contributed by atoms with van der Waals surface area (Å²) >= 11 is 0. The second kappa shape index (κ2) is 11.3. The molecule has 0 aliphatic carbocycles. The molecule has 0 bridgehead atoms. The Kier molecular flexibility index (Phi) is 10.9. The molecule has 19 heavy (non-hydrogen) atoms. The van der Waals surface area contributed by atoms with Gasteiger partial charge in [0, 0.05) is 6.42 Å². The van der Waals surface area contributed by atoms with Crippen molar-refractivity contribution in [2.45, 2.75) is 66.2 Å². The monoisotopic (exact) mass is 271 g/mol. The molecule has 0 aliphatic heterocycles. The third-order valence-electron chi connectivity index (χ3n) is 3.41. The summed E-state index contributed by atoms with van der Waals surface area (Å²) in [6, 6.07) is 0. The molecule has 0 amide bonds. The van der Waals surface area contributed by atoms with E-state index in [0.29, 0.717) is 6.42 Å². The topological polar surface area (TPSA) is 40.5 Å². The van der Waals surface area contributed by atoms with E-state index >= 15 is 0 Å². The summed E-state index contributed by atoms with van der Waals surface area (Å²) in [5, 5.41) is 8.60. The van der Waals surface area contributed by atoms with Gasteiger partial charge in [-0.15, -0.1) is 0 Å². The first-order valence-corrected chi connectivity index (χ1v) is 7.86. The quantitative estimate of drug-likeness (QED) is 0.545. The molecule has 1 N–H and O–H groups in total. The van der Waals surface area contributed by atoms with Crippen LogP contribution in [0.3, 0.4) is 0 Å². The predicted octanol–water partition coefficient (Wildman–Crippen LogP) is 4.03. The minimum Gasteiger partial charge on any atom is -0.481 e. The highest BCUT2D eigenvalue weighted by Gasteiger charge is 2.07. The fourth-order valence-corrected chi connectivity index (χ4v) is 2.01. The molecule has 0 fully saturated rings. The number of carboxylic acid groups (broad SMARTS) is 1. The van der Waals surface area contributed by atoms with Crippen molar-refractivity contribution in [3.05, 3.63) is 0 Å². The standard InChI is InChI=1S/C16H33NO2/c1-14(2)9-12-17(13-10-15(3)4)11-7-5-6-8-16(18)19/h14-15H,5-13H2,1-4H3,(H,18,19). The van der Waals surface area contributed by atoms with Crippen molar-refractivity contribution in [1.29, 1.82) is 0 Å². The Morgan fingerprint density at radius 2 is 1.42 bits per heavy atom. The number of unbranched alkanes of at least 4 members (excludes halogenated alkanes) is 2. The van der Waals surface area contributed by atoms with Crippen LogP contribution in [0, 0.1) is 11.8 Å². The van der Waals surface area contributed by atoms with E-state index in [4.69, 9.17) is 5.11 Å². The summed E-state index contributed by atoms with van der Waals surface area (Å²) in [5.74, 6) is 0.846. The molecule has 0 radical (unpaired) electrons. The molecule has 0 aromatic rings. The Morgan fingerprint density at radius 3 is 1.84 bits per heavy atom. The highest BCUT2D eigenvalue weighted by atomic mass is 16.4. The van der Waals surface area contributed by atoms with Gasteiger partial charge in [0.15, 0.2) is 0 Å². The summed E-state index contributed by atoms with van der Waals surface area (Å²) in [5.41, 5.74) is 0. The highest BCUT2D eigenvalue weighted by Crippen LogP contribution is 2.09. The Balaban J connectivity index is 3.80. The maximum atomic E-state index is 10.4. The molecule has 0 unspecified atom stereocenters. The van der Waals surface area contributed by atoms with Gasteiger partial charge < -0.3 is 10.0 Å². The lowest BCUT2D eigenvalue weighted by molar-refractivity contribution is -0.137. The van der Waals surface area contributed by atoms with E-state index < -0.39 is 5.97 Å². The highest BCUT2D eigenvalue weighted by molar-refractivity contribution is 5.66. The van der Waals surface area contributed by atoms with Crippen molar-refractivity contribution in [3.63, 3.8) is 0 Å². The molecular formula is C16H33NO2. The second-order valence-corrected chi connectivity index (χ2v) is 6.41. The van der Waals surface area contributed by atoms with Crippen LogP contribution < -0.4 is 0 Å². The smallest absolute Gasteiger partial charge is 0.303 e. The fourth-order valence-electron chi connectivity index (χ4n) is 2.01. The molecule has 0 aromatic carbocycles. The van der Waals surface area contributed by atoms with E-state index in [-0.39, 0.29) is 0 Å². The summed E-state index contributed by atoms with van der Waals surface area (Å²) < 4.78 is 0. The normalized spacial score (nSPS) is 11.7. The van der Waals surface area contributed by atoms with Gasteiger partial charge in [0.1, 0.15) is 0 Å². The van der Waals surface area contributed by atoms with Crippen LogP contribution in [0.15, 0.2) is 0 Å². The zero-order chi connectivity index (χ0) is 14.7. The van der Waals surface area contributed by atoms with Crippen LogP contribution in [-0.2, 0) is 4.79 Å². The van der Waals surface area contributed by atoms with Gasteiger partial charge in [0.05, 0.1) is 0 Å². The Hall–Kier alpha value is -0.570. The number of hydrogen-bond acceptors (Lipinski definition) is 2. The molecule has 0 heterocycles. The SMILES string of the molecule is CC(C)CCN(CCCCCC(=O)O)CCC(C)C.